The van der Waals surface area contributed by atoms with Crippen LogP contribution in [0.4, 0.5) is 0 Å². The quantitative estimate of drug-likeness (QED) is 0.697. The first kappa shape index (κ1) is 7.72. The Morgan fingerprint density at radius 3 is 2.92 bits per heavy atom. The average Bonchev–Trinajstić information content (AvgIpc) is 2.53. The van der Waals surface area contributed by atoms with Crippen molar-refractivity contribution in [3.8, 4) is 11.6 Å². The summed E-state index contributed by atoms with van der Waals surface area (Å²) in [7, 11) is 0. The number of nitrogens with one attached hydrogen (secondary N) is 1. The number of hydrogen-bond donors (Lipinski definition) is 1. The van der Waals surface area contributed by atoms with Crippen LogP contribution in [0, 0.1) is 6.92 Å². The van der Waals surface area contributed by atoms with E-state index in [-0.39, 0.29) is 5.56 Å². The van der Waals surface area contributed by atoms with Gasteiger partial charge < -0.3 is 9.40 Å². The minimum atomic E-state index is -0.243. The summed E-state index contributed by atoms with van der Waals surface area (Å²) in [5, 5.41) is 0. The zero-order chi connectivity index (χ0) is 9.26. The van der Waals surface area contributed by atoms with Crippen LogP contribution >= 0.6 is 0 Å². The number of H-pyrrole nitrogens is 1. The SMILES string of the molecule is Cc1coc(-c2c[nH]c(=O)cn2)n1. The second-order valence-corrected chi connectivity index (χ2v) is 2.59. The Morgan fingerprint density at radius 1 is 1.54 bits per heavy atom. The molecular formula is C8H7N3O2. The van der Waals surface area contributed by atoms with E-state index in [1.54, 1.807) is 0 Å². The summed E-state index contributed by atoms with van der Waals surface area (Å²) >= 11 is 0. The standard InChI is InChI=1S/C8H7N3O2/c1-5-4-13-8(11-5)6-2-10-7(12)3-9-6/h2-4H,1H3,(H,10,12). The fourth-order valence-corrected chi connectivity index (χ4v) is 0.931. The first-order valence-electron chi connectivity index (χ1n) is 3.73. The van der Waals surface area contributed by atoms with E-state index in [0.717, 1.165) is 5.69 Å². The average molecular weight is 177 g/mol. The van der Waals surface area contributed by atoms with Gasteiger partial charge in [-0.25, -0.2) is 9.97 Å². The Bertz CT molecular complexity index is 452. The van der Waals surface area contributed by atoms with Crippen LogP contribution in [0.5, 0.6) is 0 Å². The van der Waals surface area contributed by atoms with E-state index < -0.39 is 0 Å². The van der Waals surface area contributed by atoms with Crippen molar-refractivity contribution in [3.63, 3.8) is 0 Å². The Labute approximate surface area is 73.5 Å². The first-order valence-corrected chi connectivity index (χ1v) is 3.73. The zero-order valence-corrected chi connectivity index (χ0v) is 6.94. The third kappa shape index (κ3) is 1.48. The molecule has 2 aromatic rings. The van der Waals surface area contributed by atoms with Gasteiger partial charge in [-0.1, -0.05) is 0 Å². The summed E-state index contributed by atoms with van der Waals surface area (Å²) < 4.78 is 5.09. The fourth-order valence-electron chi connectivity index (χ4n) is 0.931. The van der Waals surface area contributed by atoms with Gasteiger partial charge in [0.05, 0.1) is 11.9 Å². The molecule has 0 fully saturated rings. The minimum absolute atomic E-state index is 0.243. The molecule has 0 aliphatic carbocycles. The second-order valence-electron chi connectivity index (χ2n) is 2.59. The molecule has 2 aromatic heterocycles. The molecule has 0 aliphatic rings. The number of aryl methyl sites for hydroxylation is 1. The van der Waals surface area contributed by atoms with E-state index in [2.05, 4.69) is 15.0 Å². The van der Waals surface area contributed by atoms with Gasteiger partial charge in [-0.3, -0.25) is 4.79 Å². The molecule has 66 valence electrons. The number of aromatic amines is 1. The van der Waals surface area contributed by atoms with Gasteiger partial charge in [0.1, 0.15) is 12.0 Å². The molecule has 0 spiro atoms. The molecule has 13 heavy (non-hydrogen) atoms. The van der Waals surface area contributed by atoms with Gasteiger partial charge in [0, 0.05) is 6.20 Å². The minimum Gasteiger partial charge on any atom is -0.443 e. The largest absolute Gasteiger partial charge is 0.443 e. The summed E-state index contributed by atoms with van der Waals surface area (Å²) in [5.74, 6) is 0.411. The predicted molar refractivity (Wildman–Crippen MR) is 45.1 cm³/mol. The Kier molecular flexibility index (Phi) is 1.70. The summed E-state index contributed by atoms with van der Waals surface area (Å²) in [6, 6.07) is 0. The van der Waals surface area contributed by atoms with Crippen LogP contribution < -0.4 is 5.56 Å². The molecule has 0 bridgehead atoms. The van der Waals surface area contributed by atoms with Crippen molar-refractivity contribution in [2.24, 2.45) is 0 Å². The molecular weight excluding hydrogens is 170 g/mol. The Hall–Kier alpha value is -1.91. The van der Waals surface area contributed by atoms with E-state index in [1.165, 1.54) is 18.7 Å². The lowest BCUT2D eigenvalue weighted by Crippen LogP contribution is -2.04. The van der Waals surface area contributed by atoms with E-state index in [0.29, 0.717) is 11.6 Å². The number of aromatic nitrogens is 3. The van der Waals surface area contributed by atoms with E-state index in [9.17, 15) is 4.79 Å². The van der Waals surface area contributed by atoms with Crippen LogP contribution in [-0.4, -0.2) is 15.0 Å². The van der Waals surface area contributed by atoms with Gasteiger partial charge in [0.15, 0.2) is 0 Å². The lowest BCUT2D eigenvalue weighted by molar-refractivity contribution is 0.570. The summed E-state index contributed by atoms with van der Waals surface area (Å²) in [4.78, 5) is 21.1. The van der Waals surface area contributed by atoms with Crippen molar-refractivity contribution < 1.29 is 4.42 Å². The molecule has 5 nitrogen and oxygen atoms in total. The summed E-state index contributed by atoms with van der Waals surface area (Å²) in [6.45, 7) is 1.82. The topological polar surface area (TPSA) is 71.8 Å². The maximum Gasteiger partial charge on any atom is 0.266 e. The second kappa shape index (κ2) is 2.85. The molecule has 0 aliphatic heterocycles. The van der Waals surface area contributed by atoms with Gasteiger partial charge >= 0.3 is 0 Å². The molecule has 0 aromatic carbocycles. The highest BCUT2D eigenvalue weighted by molar-refractivity contribution is 5.44. The highest BCUT2D eigenvalue weighted by Crippen LogP contribution is 2.12. The molecule has 0 amide bonds. The van der Waals surface area contributed by atoms with E-state index in [4.69, 9.17) is 4.42 Å². The lowest BCUT2D eigenvalue weighted by Gasteiger charge is -1.90. The van der Waals surface area contributed by atoms with E-state index >= 15 is 0 Å². The van der Waals surface area contributed by atoms with E-state index in [1.807, 2.05) is 6.92 Å². The summed E-state index contributed by atoms with van der Waals surface area (Å²) in [6.07, 6.45) is 4.19. The van der Waals surface area contributed by atoms with Crippen LogP contribution in [0.25, 0.3) is 11.6 Å². The molecule has 2 heterocycles. The normalized spacial score (nSPS) is 10.2. The lowest BCUT2D eigenvalue weighted by atomic mass is 10.4. The van der Waals surface area contributed by atoms with Crippen molar-refractivity contribution in [1.82, 2.24) is 15.0 Å². The van der Waals surface area contributed by atoms with Gasteiger partial charge in [0.25, 0.3) is 5.56 Å². The monoisotopic (exact) mass is 177 g/mol. The smallest absolute Gasteiger partial charge is 0.266 e. The maximum absolute atomic E-state index is 10.7. The van der Waals surface area contributed by atoms with Crippen molar-refractivity contribution in [1.29, 1.82) is 0 Å². The maximum atomic E-state index is 10.7. The molecule has 0 radical (unpaired) electrons. The predicted octanol–water partition coefficient (Wildman–Crippen LogP) is 0.733. The first-order chi connectivity index (χ1) is 6.25. The molecule has 5 heteroatoms. The molecule has 0 saturated heterocycles. The highest BCUT2D eigenvalue weighted by Gasteiger charge is 2.04. The highest BCUT2D eigenvalue weighted by atomic mass is 16.3. The van der Waals surface area contributed by atoms with Crippen LogP contribution in [-0.2, 0) is 0 Å². The number of hydrogen-bond acceptors (Lipinski definition) is 4. The van der Waals surface area contributed by atoms with Crippen LogP contribution in [0.15, 0.2) is 27.9 Å². The van der Waals surface area contributed by atoms with Crippen LogP contribution in [0.2, 0.25) is 0 Å². The molecule has 0 atom stereocenters. The van der Waals surface area contributed by atoms with Gasteiger partial charge in [0.2, 0.25) is 5.89 Å². The molecule has 0 unspecified atom stereocenters. The van der Waals surface area contributed by atoms with Crippen molar-refractivity contribution in [2.75, 3.05) is 0 Å². The van der Waals surface area contributed by atoms with Crippen LogP contribution in [0.1, 0.15) is 5.69 Å². The number of nitrogens with zero attached hydrogens (tertiary/aromatic N) is 2. The Morgan fingerprint density at radius 2 is 2.38 bits per heavy atom. The zero-order valence-electron chi connectivity index (χ0n) is 6.94. The van der Waals surface area contributed by atoms with Gasteiger partial charge in [-0.15, -0.1) is 0 Å². The van der Waals surface area contributed by atoms with Gasteiger partial charge in [-0.2, -0.15) is 0 Å². The van der Waals surface area contributed by atoms with Gasteiger partial charge in [-0.05, 0) is 6.92 Å². The van der Waals surface area contributed by atoms with Crippen molar-refractivity contribution in [3.05, 3.63) is 34.7 Å². The van der Waals surface area contributed by atoms with Crippen molar-refractivity contribution >= 4 is 0 Å². The Balaban J connectivity index is 2.47. The van der Waals surface area contributed by atoms with Crippen LogP contribution in [0.3, 0.4) is 0 Å². The fraction of sp³-hybridized carbons (Fsp3) is 0.125. The number of oxazole rings is 1. The molecule has 1 N–H and O–H groups in total. The number of rotatable bonds is 1. The third-order valence-electron chi connectivity index (χ3n) is 1.51. The molecule has 0 saturated carbocycles. The third-order valence-corrected chi connectivity index (χ3v) is 1.51. The summed E-state index contributed by atoms with van der Waals surface area (Å²) in [5.41, 5.74) is 1.06. The van der Waals surface area contributed by atoms with Crippen molar-refractivity contribution in [2.45, 2.75) is 6.92 Å². The molecule has 2 rings (SSSR count).